The maximum absolute atomic E-state index is 7.21. The molecule has 4 nitrogen and oxygen atoms in total. The lowest BCUT2D eigenvalue weighted by molar-refractivity contribution is -0.658. The van der Waals surface area contributed by atoms with E-state index in [2.05, 4.69) is 26.1 Å². The van der Waals surface area contributed by atoms with Crippen molar-refractivity contribution >= 4 is 0 Å². The molecule has 0 radical (unpaired) electrons. The Bertz CT molecular complexity index is 148. The largest absolute Gasteiger partial charge is 0.306 e. The summed E-state index contributed by atoms with van der Waals surface area (Å²) in [7, 11) is 0. The summed E-state index contributed by atoms with van der Waals surface area (Å²) < 4.78 is 0. The van der Waals surface area contributed by atoms with Crippen LogP contribution >= 0.6 is 0 Å². The molecule has 0 aliphatic carbocycles. The Morgan fingerprint density at radius 1 is 1.50 bits per heavy atom. The average Bonchev–Trinajstić information content (AvgIpc) is 1.85. The van der Waals surface area contributed by atoms with E-state index in [0.717, 1.165) is 17.8 Å². The van der Waals surface area contributed by atoms with Gasteiger partial charge in [-0.2, -0.15) is 5.84 Å². The van der Waals surface area contributed by atoms with Gasteiger partial charge in [0.1, 0.15) is 0 Å². The first kappa shape index (κ1) is 11.4. The highest BCUT2D eigenvalue weighted by atomic mass is 15.4. The molecule has 0 heterocycles. The SMILES string of the molecule is CCC(CNC(C)(C)C)[N+](=N)N. The van der Waals surface area contributed by atoms with Gasteiger partial charge in [-0.3, -0.25) is 0 Å². The molecule has 0 spiro atoms. The Kier molecular flexibility index (Phi) is 4.17. The molecule has 12 heavy (non-hydrogen) atoms. The topological polar surface area (TPSA) is 64.9 Å². The molecule has 0 rings (SSSR count). The van der Waals surface area contributed by atoms with Crippen LogP contribution in [0.25, 0.3) is 0 Å². The number of rotatable bonds is 4. The summed E-state index contributed by atoms with van der Waals surface area (Å²) in [6, 6.07) is 0.101. The number of hydrogen-bond donors (Lipinski definition) is 3. The van der Waals surface area contributed by atoms with Crippen LogP contribution in [0.15, 0.2) is 0 Å². The summed E-state index contributed by atoms with van der Waals surface area (Å²) in [5.41, 5.74) is 7.31. The molecule has 0 aromatic carbocycles. The molecule has 0 bridgehead atoms. The van der Waals surface area contributed by atoms with Gasteiger partial charge in [0, 0.05) is 12.0 Å². The Hall–Kier alpha value is -0.640. The van der Waals surface area contributed by atoms with Crippen LogP contribution in [0.3, 0.4) is 0 Å². The quantitative estimate of drug-likeness (QED) is 0.258. The van der Waals surface area contributed by atoms with E-state index < -0.39 is 0 Å². The Balaban J connectivity index is 3.81. The molecule has 4 heteroatoms. The lowest BCUT2D eigenvalue weighted by atomic mass is 10.1. The van der Waals surface area contributed by atoms with E-state index in [4.69, 9.17) is 11.4 Å². The van der Waals surface area contributed by atoms with Gasteiger partial charge in [0.15, 0.2) is 0 Å². The number of nitrogens with one attached hydrogen (secondary N) is 2. The van der Waals surface area contributed by atoms with E-state index in [1.165, 1.54) is 0 Å². The third-order valence-corrected chi connectivity index (χ3v) is 1.73. The Labute approximate surface area is 74.6 Å². The molecule has 4 N–H and O–H groups in total. The zero-order chi connectivity index (χ0) is 9.78. The minimum Gasteiger partial charge on any atom is -0.306 e. The smallest absolute Gasteiger partial charge is 0.220 e. The van der Waals surface area contributed by atoms with Crippen molar-refractivity contribution < 1.29 is 4.81 Å². The molecule has 0 saturated heterocycles. The van der Waals surface area contributed by atoms with Crippen LogP contribution in [0, 0.1) is 5.53 Å². The third kappa shape index (κ3) is 5.07. The molecule has 0 aromatic heterocycles. The van der Waals surface area contributed by atoms with Gasteiger partial charge in [-0.1, -0.05) is 6.92 Å². The van der Waals surface area contributed by atoms with Crippen LogP contribution in [0.1, 0.15) is 34.1 Å². The molecule has 1 atom stereocenters. The van der Waals surface area contributed by atoms with E-state index >= 15 is 0 Å². The van der Waals surface area contributed by atoms with Crippen molar-refractivity contribution in [3.63, 3.8) is 0 Å². The Morgan fingerprint density at radius 2 is 2.00 bits per heavy atom. The van der Waals surface area contributed by atoms with Gasteiger partial charge < -0.3 is 5.32 Å². The Morgan fingerprint density at radius 3 is 2.25 bits per heavy atom. The van der Waals surface area contributed by atoms with E-state index in [0.29, 0.717) is 0 Å². The maximum Gasteiger partial charge on any atom is 0.220 e. The minimum atomic E-state index is 0.101. The highest BCUT2D eigenvalue weighted by molar-refractivity contribution is 4.71. The summed E-state index contributed by atoms with van der Waals surface area (Å²) in [4.78, 5) is 1.03. The van der Waals surface area contributed by atoms with Gasteiger partial charge in [-0.25, -0.2) is 0 Å². The van der Waals surface area contributed by atoms with Gasteiger partial charge >= 0.3 is 0 Å². The molecular formula is C8H21N4+. The predicted molar refractivity (Wildman–Crippen MR) is 49.0 cm³/mol. The van der Waals surface area contributed by atoms with E-state index in [9.17, 15) is 0 Å². The fourth-order valence-electron chi connectivity index (χ4n) is 0.863. The van der Waals surface area contributed by atoms with E-state index in [1.54, 1.807) is 0 Å². The first-order valence-corrected chi connectivity index (χ1v) is 4.37. The van der Waals surface area contributed by atoms with Crippen molar-refractivity contribution in [3.05, 3.63) is 0 Å². The standard InChI is InChI=1S/C8H21N4/c1-5-7(12(9)10)6-11-8(2,3)4/h7,11H,5-6H2,1-4H3,(H3,9,10)/q+1. The molecular weight excluding hydrogens is 152 g/mol. The van der Waals surface area contributed by atoms with Crippen molar-refractivity contribution in [3.8, 4) is 0 Å². The van der Waals surface area contributed by atoms with Crippen LogP contribution in [-0.4, -0.2) is 22.9 Å². The molecule has 0 aromatic rings. The lowest BCUT2D eigenvalue weighted by Crippen LogP contribution is -2.45. The van der Waals surface area contributed by atoms with Gasteiger partial charge in [0.2, 0.25) is 6.04 Å². The van der Waals surface area contributed by atoms with E-state index in [1.807, 2.05) is 6.92 Å². The van der Waals surface area contributed by atoms with Crippen LogP contribution < -0.4 is 11.2 Å². The summed E-state index contributed by atoms with van der Waals surface area (Å²) in [6.07, 6.45) is 0.892. The van der Waals surface area contributed by atoms with Crippen LogP contribution in [0.4, 0.5) is 0 Å². The highest BCUT2D eigenvalue weighted by Crippen LogP contribution is 2.00. The number of nitrogens with zero attached hydrogens (tertiary/aromatic N) is 1. The summed E-state index contributed by atoms with van der Waals surface area (Å²) in [5, 5.41) is 3.31. The zero-order valence-corrected chi connectivity index (χ0v) is 8.52. The van der Waals surface area contributed by atoms with Gasteiger partial charge in [0.05, 0.1) is 6.54 Å². The van der Waals surface area contributed by atoms with E-state index in [-0.39, 0.29) is 11.6 Å². The molecule has 0 amide bonds. The second-order valence-electron chi connectivity index (χ2n) is 4.10. The van der Waals surface area contributed by atoms with Crippen molar-refractivity contribution in [2.75, 3.05) is 6.54 Å². The third-order valence-electron chi connectivity index (χ3n) is 1.73. The summed E-state index contributed by atoms with van der Waals surface area (Å²) in [5.74, 6) is 5.34. The second kappa shape index (κ2) is 4.40. The molecule has 0 saturated carbocycles. The monoisotopic (exact) mass is 173 g/mol. The first-order valence-electron chi connectivity index (χ1n) is 4.37. The molecule has 1 unspecified atom stereocenters. The van der Waals surface area contributed by atoms with Gasteiger partial charge in [-0.15, -0.1) is 0 Å². The second-order valence-corrected chi connectivity index (χ2v) is 4.10. The van der Waals surface area contributed by atoms with Crippen molar-refractivity contribution in [2.24, 2.45) is 5.84 Å². The van der Waals surface area contributed by atoms with Crippen LogP contribution in [-0.2, 0) is 0 Å². The van der Waals surface area contributed by atoms with Crippen molar-refractivity contribution in [2.45, 2.75) is 45.7 Å². The number of nitrogens with two attached hydrogens (primary N) is 1. The summed E-state index contributed by atoms with van der Waals surface area (Å²) >= 11 is 0. The molecule has 0 aliphatic rings. The van der Waals surface area contributed by atoms with Gasteiger partial charge in [-0.05, 0) is 31.1 Å². The fourth-order valence-corrected chi connectivity index (χ4v) is 0.863. The fraction of sp³-hybridized carbons (Fsp3) is 1.00. The summed E-state index contributed by atoms with van der Waals surface area (Å²) in [6.45, 7) is 9.10. The molecule has 0 aliphatic heterocycles. The molecule has 72 valence electrons. The van der Waals surface area contributed by atoms with Crippen molar-refractivity contribution in [1.82, 2.24) is 5.32 Å². The lowest BCUT2D eigenvalue weighted by Gasteiger charge is -2.21. The van der Waals surface area contributed by atoms with Crippen LogP contribution in [0.2, 0.25) is 0 Å². The first-order chi connectivity index (χ1) is 5.37. The van der Waals surface area contributed by atoms with Crippen LogP contribution in [0.5, 0.6) is 0 Å². The highest BCUT2D eigenvalue weighted by Gasteiger charge is 2.19. The molecule has 0 fully saturated rings. The predicted octanol–water partition coefficient (Wildman–Crippen LogP) is 1.07. The number of hydrazine groups is 1. The van der Waals surface area contributed by atoms with Gasteiger partial charge in [0.25, 0.3) is 0 Å². The van der Waals surface area contributed by atoms with Crippen molar-refractivity contribution in [1.29, 1.82) is 5.53 Å². The maximum atomic E-state index is 7.21. The normalized spacial score (nSPS) is 14.3. The minimum absolute atomic E-state index is 0.101. The zero-order valence-electron chi connectivity index (χ0n) is 8.52. The average molecular weight is 173 g/mol. The number of hydrogen-bond acceptors (Lipinski definition) is 2.